The first-order chi connectivity index (χ1) is 13.9. The molecule has 0 aliphatic rings. The van der Waals surface area contributed by atoms with E-state index in [0.717, 1.165) is 9.87 Å². The lowest BCUT2D eigenvalue weighted by Crippen LogP contribution is -2.28. The van der Waals surface area contributed by atoms with Crippen LogP contribution in [0, 0.1) is 5.82 Å². The number of para-hydroxylation sites is 1. The van der Waals surface area contributed by atoms with Gasteiger partial charge in [0.15, 0.2) is 0 Å². The molecule has 7 heteroatoms. The number of carbonyl (C=O) groups excluding carboxylic acids is 1. The van der Waals surface area contributed by atoms with E-state index in [9.17, 15) is 17.6 Å². The van der Waals surface area contributed by atoms with Crippen molar-refractivity contribution in [1.82, 2.24) is 5.32 Å². The molecule has 150 valence electrons. The Bertz CT molecular complexity index is 1100. The standard InChI is InChI=1S/C22H21FN2O3S/c1-25(21-13-6-5-12-20(21)23)29(27,28)19-11-7-10-18(16-19)22(26)24-15-14-17-8-3-2-4-9-17/h2-13,16H,14-15H2,1H3,(H,24,26). The summed E-state index contributed by atoms with van der Waals surface area (Å²) in [6.45, 7) is 0.426. The van der Waals surface area contributed by atoms with Crippen LogP contribution in [0.4, 0.5) is 10.1 Å². The summed E-state index contributed by atoms with van der Waals surface area (Å²) in [5.41, 5.74) is 1.25. The molecule has 3 aromatic carbocycles. The van der Waals surface area contributed by atoms with Gasteiger partial charge in [0.25, 0.3) is 15.9 Å². The van der Waals surface area contributed by atoms with Gasteiger partial charge >= 0.3 is 0 Å². The largest absolute Gasteiger partial charge is 0.352 e. The zero-order chi connectivity index (χ0) is 20.9. The van der Waals surface area contributed by atoms with Gasteiger partial charge in [-0.05, 0) is 42.3 Å². The van der Waals surface area contributed by atoms with Crippen LogP contribution in [0.2, 0.25) is 0 Å². The molecular formula is C22H21FN2O3S. The molecule has 0 unspecified atom stereocenters. The molecular weight excluding hydrogens is 391 g/mol. The summed E-state index contributed by atoms with van der Waals surface area (Å²) in [7, 11) is -2.74. The zero-order valence-corrected chi connectivity index (χ0v) is 16.7. The highest BCUT2D eigenvalue weighted by Crippen LogP contribution is 2.25. The average molecular weight is 412 g/mol. The number of sulfonamides is 1. The molecule has 0 aromatic heterocycles. The molecule has 3 aromatic rings. The summed E-state index contributed by atoms with van der Waals surface area (Å²) in [6.07, 6.45) is 0.667. The van der Waals surface area contributed by atoms with Crippen molar-refractivity contribution in [2.24, 2.45) is 0 Å². The highest BCUT2D eigenvalue weighted by molar-refractivity contribution is 7.92. The minimum atomic E-state index is -4.02. The van der Waals surface area contributed by atoms with E-state index in [0.29, 0.717) is 13.0 Å². The first-order valence-electron chi connectivity index (χ1n) is 9.05. The van der Waals surface area contributed by atoms with E-state index >= 15 is 0 Å². The van der Waals surface area contributed by atoms with E-state index < -0.39 is 15.8 Å². The molecule has 1 amide bonds. The van der Waals surface area contributed by atoms with E-state index in [1.165, 1.54) is 43.4 Å². The highest BCUT2D eigenvalue weighted by atomic mass is 32.2. The third-order valence-electron chi connectivity index (χ3n) is 4.49. The number of anilines is 1. The molecule has 0 spiro atoms. The van der Waals surface area contributed by atoms with Gasteiger partial charge in [0.1, 0.15) is 5.82 Å². The predicted molar refractivity (Wildman–Crippen MR) is 111 cm³/mol. The second kappa shape index (κ2) is 8.87. The van der Waals surface area contributed by atoms with Crippen LogP contribution in [0.15, 0.2) is 83.8 Å². The van der Waals surface area contributed by atoms with Crippen LogP contribution in [0.25, 0.3) is 0 Å². The normalized spacial score (nSPS) is 11.1. The lowest BCUT2D eigenvalue weighted by molar-refractivity contribution is 0.0954. The molecule has 0 aliphatic heterocycles. The van der Waals surface area contributed by atoms with Crippen molar-refractivity contribution in [2.75, 3.05) is 17.9 Å². The van der Waals surface area contributed by atoms with Gasteiger partial charge < -0.3 is 5.32 Å². The van der Waals surface area contributed by atoms with E-state index in [1.807, 2.05) is 30.3 Å². The summed E-state index contributed by atoms with van der Waals surface area (Å²) in [4.78, 5) is 12.3. The Kier molecular flexibility index (Phi) is 6.29. The summed E-state index contributed by atoms with van der Waals surface area (Å²) in [5.74, 6) is -1.01. The second-order valence-electron chi connectivity index (χ2n) is 6.44. The number of halogens is 1. The third kappa shape index (κ3) is 4.81. The smallest absolute Gasteiger partial charge is 0.264 e. The highest BCUT2D eigenvalue weighted by Gasteiger charge is 2.24. The Morgan fingerprint density at radius 3 is 2.38 bits per heavy atom. The molecule has 0 atom stereocenters. The number of benzene rings is 3. The third-order valence-corrected chi connectivity index (χ3v) is 6.26. The average Bonchev–Trinajstić information content (AvgIpc) is 2.74. The van der Waals surface area contributed by atoms with Crippen LogP contribution in [0.3, 0.4) is 0 Å². The molecule has 0 saturated heterocycles. The van der Waals surface area contributed by atoms with Gasteiger partial charge in [0, 0.05) is 19.2 Å². The Hall–Kier alpha value is -3.19. The van der Waals surface area contributed by atoms with Crippen molar-refractivity contribution in [3.05, 3.63) is 95.8 Å². The number of amides is 1. The van der Waals surface area contributed by atoms with Gasteiger partial charge in [-0.3, -0.25) is 9.10 Å². The van der Waals surface area contributed by atoms with E-state index in [2.05, 4.69) is 5.32 Å². The summed E-state index contributed by atoms with van der Waals surface area (Å²) < 4.78 is 40.6. The minimum absolute atomic E-state index is 0.0646. The van der Waals surface area contributed by atoms with Crippen LogP contribution < -0.4 is 9.62 Å². The fourth-order valence-corrected chi connectivity index (χ4v) is 4.11. The van der Waals surface area contributed by atoms with Crippen LogP contribution in [0.1, 0.15) is 15.9 Å². The monoisotopic (exact) mass is 412 g/mol. The summed E-state index contributed by atoms with van der Waals surface area (Å²) >= 11 is 0. The molecule has 29 heavy (non-hydrogen) atoms. The second-order valence-corrected chi connectivity index (χ2v) is 8.41. The van der Waals surface area contributed by atoms with Crippen LogP contribution in [-0.4, -0.2) is 27.9 Å². The van der Waals surface area contributed by atoms with Crippen molar-refractivity contribution in [3.8, 4) is 0 Å². The molecule has 0 bridgehead atoms. The van der Waals surface area contributed by atoms with E-state index in [-0.39, 0.29) is 22.1 Å². The Labute approximate surface area is 169 Å². The van der Waals surface area contributed by atoms with E-state index in [1.54, 1.807) is 12.1 Å². The fraction of sp³-hybridized carbons (Fsp3) is 0.136. The summed E-state index contributed by atoms with van der Waals surface area (Å²) in [6, 6.07) is 21.1. The maximum Gasteiger partial charge on any atom is 0.264 e. The van der Waals surface area contributed by atoms with Crippen molar-refractivity contribution in [3.63, 3.8) is 0 Å². The number of carbonyl (C=O) groups is 1. The maximum absolute atomic E-state index is 14.0. The molecule has 0 saturated carbocycles. The van der Waals surface area contributed by atoms with Gasteiger partial charge in [-0.2, -0.15) is 0 Å². The zero-order valence-electron chi connectivity index (χ0n) is 15.9. The van der Waals surface area contributed by atoms with Gasteiger partial charge in [0.2, 0.25) is 0 Å². The Balaban J connectivity index is 1.74. The lowest BCUT2D eigenvalue weighted by atomic mass is 10.1. The fourth-order valence-electron chi connectivity index (χ4n) is 2.86. The predicted octanol–water partition coefficient (Wildman–Crippen LogP) is 3.62. The molecule has 0 fully saturated rings. The quantitative estimate of drug-likeness (QED) is 0.645. The van der Waals surface area contributed by atoms with Crippen molar-refractivity contribution in [1.29, 1.82) is 0 Å². The summed E-state index contributed by atoms with van der Waals surface area (Å²) in [5, 5.41) is 2.79. The topological polar surface area (TPSA) is 66.5 Å². The maximum atomic E-state index is 14.0. The number of hydrogen-bond acceptors (Lipinski definition) is 3. The SMILES string of the molecule is CN(c1ccccc1F)S(=O)(=O)c1cccc(C(=O)NCCc2ccccc2)c1. The number of nitrogens with one attached hydrogen (secondary N) is 1. The number of hydrogen-bond donors (Lipinski definition) is 1. The molecule has 1 N–H and O–H groups in total. The lowest BCUT2D eigenvalue weighted by Gasteiger charge is -2.20. The molecule has 0 heterocycles. The Morgan fingerprint density at radius 1 is 0.966 bits per heavy atom. The molecule has 0 radical (unpaired) electrons. The van der Waals surface area contributed by atoms with Crippen LogP contribution in [-0.2, 0) is 16.4 Å². The molecule has 5 nitrogen and oxygen atoms in total. The Morgan fingerprint density at radius 2 is 1.66 bits per heavy atom. The van der Waals surface area contributed by atoms with Gasteiger partial charge in [0.05, 0.1) is 10.6 Å². The van der Waals surface area contributed by atoms with Crippen molar-refractivity contribution >= 4 is 21.6 Å². The molecule has 0 aliphatic carbocycles. The minimum Gasteiger partial charge on any atom is -0.352 e. The first-order valence-corrected chi connectivity index (χ1v) is 10.5. The number of rotatable bonds is 7. The molecule has 3 rings (SSSR count). The van der Waals surface area contributed by atoms with Crippen molar-refractivity contribution < 1.29 is 17.6 Å². The van der Waals surface area contributed by atoms with Crippen molar-refractivity contribution in [2.45, 2.75) is 11.3 Å². The van der Waals surface area contributed by atoms with E-state index in [4.69, 9.17) is 0 Å². The van der Waals surface area contributed by atoms with Crippen LogP contribution in [0.5, 0.6) is 0 Å². The van der Waals surface area contributed by atoms with Gasteiger partial charge in [-0.15, -0.1) is 0 Å². The first kappa shape index (κ1) is 20.5. The van der Waals surface area contributed by atoms with Crippen LogP contribution >= 0.6 is 0 Å². The van der Waals surface area contributed by atoms with Gasteiger partial charge in [-0.25, -0.2) is 12.8 Å². The number of nitrogens with zero attached hydrogens (tertiary/aromatic N) is 1. The van der Waals surface area contributed by atoms with Gasteiger partial charge in [-0.1, -0.05) is 48.5 Å².